The molecular weight excluding hydrogens is 675 g/mol. The number of amides is 1. The molecule has 2 aromatic rings. The van der Waals surface area contributed by atoms with Crippen LogP contribution < -0.4 is 4.72 Å². The van der Waals surface area contributed by atoms with Crippen molar-refractivity contribution in [3.63, 3.8) is 0 Å². The fraction of sp³-hybridized carbons (Fsp3) is 0.706. The molecule has 5 fully saturated rings. The molecular formula is C51H81NOS. The van der Waals surface area contributed by atoms with Crippen LogP contribution in [0.4, 0.5) is 0 Å². The Hall–Kier alpha value is -2.00. The molecule has 0 saturated heterocycles. The van der Waals surface area contributed by atoms with Crippen molar-refractivity contribution < 1.29 is 4.79 Å². The normalized spacial score (nSPS) is 32.7. The van der Waals surface area contributed by atoms with Crippen LogP contribution in [0.5, 0.6) is 0 Å². The molecule has 3 heteroatoms. The average molecular weight is 756 g/mol. The number of carbonyl (C=O) groups excluding carboxylic acids is 1. The van der Waals surface area contributed by atoms with E-state index in [0.717, 1.165) is 46.8 Å². The van der Waals surface area contributed by atoms with Gasteiger partial charge in [-0.05, 0) is 178 Å². The van der Waals surface area contributed by atoms with Gasteiger partial charge in [-0.25, -0.2) is 0 Å². The quantitative estimate of drug-likeness (QED) is 0.225. The van der Waals surface area contributed by atoms with Crippen molar-refractivity contribution in [1.29, 1.82) is 0 Å². The highest BCUT2D eigenvalue weighted by Gasteiger charge is 2.59. The zero-order valence-corrected chi connectivity index (χ0v) is 37.4. The van der Waals surface area contributed by atoms with Gasteiger partial charge in [-0.1, -0.05) is 135 Å². The second-order valence-electron chi connectivity index (χ2n) is 18.9. The Kier molecular flexibility index (Phi) is 17.4. The van der Waals surface area contributed by atoms with E-state index in [-0.39, 0.29) is 5.91 Å². The molecule has 0 aliphatic heterocycles. The first-order valence-corrected chi connectivity index (χ1v) is 23.4. The summed E-state index contributed by atoms with van der Waals surface area (Å²) in [4.78, 5) is 13.7. The molecule has 0 radical (unpaired) electrons. The van der Waals surface area contributed by atoms with E-state index in [1.807, 2.05) is 33.8 Å². The topological polar surface area (TPSA) is 29.1 Å². The number of allylic oxidation sites excluding steroid dienone is 4. The molecule has 0 spiro atoms. The number of benzene rings is 2. The monoisotopic (exact) mass is 756 g/mol. The van der Waals surface area contributed by atoms with Gasteiger partial charge in [0.1, 0.15) is 0 Å². The van der Waals surface area contributed by atoms with Crippen LogP contribution in [-0.4, -0.2) is 5.91 Å². The molecule has 2 aromatic carbocycles. The summed E-state index contributed by atoms with van der Waals surface area (Å²) in [5.41, 5.74) is 3.12. The van der Waals surface area contributed by atoms with Crippen LogP contribution in [0, 0.1) is 51.8 Å². The summed E-state index contributed by atoms with van der Waals surface area (Å²) in [7, 11) is 0. The van der Waals surface area contributed by atoms with E-state index in [4.69, 9.17) is 0 Å². The van der Waals surface area contributed by atoms with E-state index in [2.05, 4.69) is 101 Å². The van der Waals surface area contributed by atoms with Crippen LogP contribution in [0.3, 0.4) is 0 Å². The van der Waals surface area contributed by atoms with Gasteiger partial charge >= 0.3 is 0 Å². The zero-order valence-electron chi connectivity index (χ0n) is 36.6. The van der Waals surface area contributed by atoms with Gasteiger partial charge in [0.25, 0.3) is 0 Å². The van der Waals surface area contributed by atoms with Crippen molar-refractivity contribution in [1.82, 2.24) is 4.72 Å². The van der Waals surface area contributed by atoms with E-state index < -0.39 is 0 Å². The van der Waals surface area contributed by atoms with Gasteiger partial charge in [-0.2, -0.15) is 0 Å². The molecule has 8 atom stereocenters. The molecule has 7 rings (SSSR count). The lowest BCUT2D eigenvalue weighted by Gasteiger charge is -2.60. The molecule has 1 N–H and O–H groups in total. The number of fused-ring (bicyclic) bond motifs is 6. The van der Waals surface area contributed by atoms with Gasteiger partial charge in [-0.3, -0.25) is 9.52 Å². The molecule has 1 amide bonds. The zero-order chi connectivity index (χ0) is 39.4. The van der Waals surface area contributed by atoms with E-state index in [0.29, 0.717) is 22.7 Å². The average Bonchev–Trinajstić information content (AvgIpc) is 3.52. The molecule has 0 bridgehead atoms. The lowest BCUT2D eigenvalue weighted by Crippen LogP contribution is -2.52. The maximum atomic E-state index is 12.6. The van der Waals surface area contributed by atoms with Crippen LogP contribution in [0.15, 0.2) is 71.2 Å². The second-order valence-corrected chi connectivity index (χ2v) is 19.8. The molecule has 0 heterocycles. The Morgan fingerprint density at radius 1 is 0.796 bits per heavy atom. The Labute approximate surface area is 338 Å². The van der Waals surface area contributed by atoms with Gasteiger partial charge in [0, 0.05) is 11.3 Å². The Morgan fingerprint density at radius 2 is 1.50 bits per heavy atom. The fourth-order valence-corrected chi connectivity index (χ4v) is 12.5. The van der Waals surface area contributed by atoms with Crippen molar-refractivity contribution in [3.05, 3.63) is 66.3 Å². The standard InChI is InChI=1S/C33H45NOS.C9H18.C7H12.C2H6/c1-32-20-6-5-10-25(32)14-17-28-29-18-15-26(33(29,2)21-19-30(28)32)11-7-12-31(35)34-36-27-16-13-23-8-3-4-9-24(23)22-27;1-8-6-4-5-7-9(8,2)3;1-4-6-7(3)5-2;1-2/h3-4,8-9,13,16,22,25-26,28-30H,5-7,10-12,14-15,17-21H2,1-2H3,(H,34,35);8H,4-7H2,1-3H3;4-6H,1-3H3;1-2H3/b;;6-4-,7-5+;. The van der Waals surface area contributed by atoms with Gasteiger partial charge < -0.3 is 0 Å². The minimum Gasteiger partial charge on any atom is -0.296 e. The van der Waals surface area contributed by atoms with Crippen molar-refractivity contribution in [2.24, 2.45) is 51.8 Å². The number of hydrogen-bond donors (Lipinski definition) is 1. The summed E-state index contributed by atoms with van der Waals surface area (Å²) < 4.78 is 3.10. The molecule has 2 nitrogen and oxygen atoms in total. The van der Waals surface area contributed by atoms with E-state index >= 15 is 0 Å². The lowest BCUT2D eigenvalue weighted by atomic mass is 9.45. The molecule has 5 aliphatic carbocycles. The van der Waals surface area contributed by atoms with E-state index in [9.17, 15) is 4.79 Å². The third kappa shape index (κ3) is 11.1. The predicted molar refractivity (Wildman–Crippen MR) is 239 cm³/mol. The fourth-order valence-electron chi connectivity index (χ4n) is 11.8. The smallest absolute Gasteiger partial charge is 0.230 e. The van der Waals surface area contributed by atoms with Gasteiger partial charge in [-0.15, -0.1) is 0 Å². The van der Waals surface area contributed by atoms with Crippen LogP contribution in [-0.2, 0) is 4.79 Å². The van der Waals surface area contributed by atoms with Crippen molar-refractivity contribution in [3.8, 4) is 0 Å². The summed E-state index contributed by atoms with van der Waals surface area (Å²) in [5.74, 6) is 5.88. The summed E-state index contributed by atoms with van der Waals surface area (Å²) in [6.07, 6.45) is 29.7. The highest BCUT2D eigenvalue weighted by molar-refractivity contribution is 7.98. The van der Waals surface area contributed by atoms with Gasteiger partial charge in [0.2, 0.25) is 5.91 Å². The SMILES string of the molecule is C/C=C\C(C)=C\C.CC.CC12CCCCC1CCC1C2CCC2(C)C(CCCC(=O)NSc3ccc4ccccc4c3)CCC12.CC1CCCCC1(C)C. The maximum Gasteiger partial charge on any atom is 0.230 e. The first-order chi connectivity index (χ1) is 25.9. The van der Waals surface area contributed by atoms with E-state index in [1.165, 1.54) is 125 Å². The Morgan fingerprint density at radius 3 is 2.17 bits per heavy atom. The molecule has 5 saturated carbocycles. The predicted octanol–water partition coefficient (Wildman–Crippen LogP) is 16.0. The Bertz CT molecular complexity index is 1510. The number of carbonyl (C=O) groups is 1. The minimum absolute atomic E-state index is 0.181. The largest absolute Gasteiger partial charge is 0.296 e. The van der Waals surface area contributed by atoms with Gasteiger partial charge in [0.15, 0.2) is 0 Å². The van der Waals surface area contributed by atoms with Gasteiger partial charge in [0.05, 0.1) is 0 Å². The van der Waals surface area contributed by atoms with Crippen LogP contribution in [0.1, 0.15) is 178 Å². The lowest BCUT2D eigenvalue weighted by molar-refractivity contribution is -0.119. The molecule has 302 valence electrons. The highest BCUT2D eigenvalue weighted by Crippen LogP contribution is 2.68. The number of hydrogen-bond acceptors (Lipinski definition) is 2. The molecule has 5 aliphatic rings. The summed E-state index contributed by atoms with van der Waals surface area (Å²) >= 11 is 1.46. The number of nitrogens with one attached hydrogen (secondary N) is 1. The van der Waals surface area contributed by atoms with Crippen molar-refractivity contribution in [2.75, 3.05) is 0 Å². The summed E-state index contributed by atoms with van der Waals surface area (Å²) in [6.45, 7) is 22.7. The first kappa shape index (κ1) is 44.7. The van der Waals surface area contributed by atoms with Crippen LogP contribution in [0.2, 0.25) is 0 Å². The second kappa shape index (κ2) is 21.0. The molecule has 8 unspecified atom stereocenters. The summed E-state index contributed by atoms with van der Waals surface area (Å²) in [6, 6.07) is 14.8. The highest BCUT2D eigenvalue weighted by atomic mass is 32.2. The number of rotatable bonds is 7. The minimum atomic E-state index is 0.181. The maximum absolute atomic E-state index is 12.6. The van der Waals surface area contributed by atoms with Crippen LogP contribution >= 0.6 is 11.9 Å². The molecule has 0 aromatic heterocycles. The van der Waals surface area contributed by atoms with E-state index in [1.54, 1.807) is 0 Å². The molecule has 54 heavy (non-hydrogen) atoms. The third-order valence-corrected chi connectivity index (χ3v) is 16.5. The van der Waals surface area contributed by atoms with Crippen molar-refractivity contribution in [2.45, 2.75) is 183 Å². The van der Waals surface area contributed by atoms with Crippen LogP contribution in [0.25, 0.3) is 10.8 Å². The third-order valence-electron chi connectivity index (χ3n) is 15.7. The Balaban J connectivity index is 0.000000299. The first-order valence-electron chi connectivity index (χ1n) is 22.6. The summed E-state index contributed by atoms with van der Waals surface area (Å²) in [5, 5.41) is 2.47. The van der Waals surface area contributed by atoms with Crippen molar-refractivity contribution >= 4 is 28.6 Å².